The highest BCUT2D eigenvalue weighted by Crippen LogP contribution is 2.22. The molecule has 0 aromatic carbocycles. The first-order chi connectivity index (χ1) is 6.34. The molecule has 0 aliphatic carbocycles. The standard InChI is InChI=1S/C7H7N3OS2/c1-5-3-11-7(9-5)12-4-6-2-8-10-13-6/h2-3H,4H2,1H3. The summed E-state index contributed by atoms with van der Waals surface area (Å²) in [4.78, 5) is 5.30. The van der Waals surface area contributed by atoms with Crippen molar-refractivity contribution in [3.8, 4) is 0 Å². The van der Waals surface area contributed by atoms with Gasteiger partial charge in [0.2, 0.25) is 0 Å². The molecule has 0 bridgehead atoms. The summed E-state index contributed by atoms with van der Waals surface area (Å²) in [7, 11) is 0. The summed E-state index contributed by atoms with van der Waals surface area (Å²) < 4.78 is 8.95. The first-order valence-electron chi connectivity index (χ1n) is 3.66. The van der Waals surface area contributed by atoms with Gasteiger partial charge in [0, 0.05) is 5.75 Å². The first kappa shape index (κ1) is 8.71. The maximum atomic E-state index is 5.18. The first-order valence-corrected chi connectivity index (χ1v) is 5.41. The van der Waals surface area contributed by atoms with E-state index in [1.807, 2.05) is 6.92 Å². The van der Waals surface area contributed by atoms with E-state index in [1.165, 1.54) is 11.5 Å². The van der Waals surface area contributed by atoms with E-state index >= 15 is 0 Å². The van der Waals surface area contributed by atoms with Crippen LogP contribution in [0.25, 0.3) is 0 Å². The van der Waals surface area contributed by atoms with E-state index in [-0.39, 0.29) is 0 Å². The molecule has 0 fully saturated rings. The average Bonchev–Trinajstić information content (AvgIpc) is 2.71. The number of hydrogen-bond acceptors (Lipinski definition) is 6. The molecule has 0 aliphatic rings. The quantitative estimate of drug-likeness (QED) is 0.731. The summed E-state index contributed by atoms with van der Waals surface area (Å²) in [6, 6.07) is 0. The fraction of sp³-hybridized carbons (Fsp3) is 0.286. The van der Waals surface area contributed by atoms with Crippen molar-refractivity contribution in [1.82, 2.24) is 14.6 Å². The fourth-order valence-corrected chi connectivity index (χ4v) is 2.13. The molecule has 0 atom stereocenters. The van der Waals surface area contributed by atoms with Gasteiger partial charge in [0.05, 0.1) is 16.8 Å². The zero-order valence-corrected chi connectivity index (χ0v) is 8.56. The van der Waals surface area contributed by atoms with Gasteiger partial charge in [-0.05, 0) is 18.5 Å². The van der Waals surface area contributed by atoms with Crippen molar-refractivity contribution < 1.29 is 4.42 Å². The topological polar surface area (TPSA) is 51.8 Å². The van der Waals surface area contributed by atoms with Crippen LogP contribution in [0.4, 0.5) is 0 Å². The number of aromatic nitrogens is 3. The molecular formula is C7H7N3OS2. The fourth-order valence-electron chi connectivity index (χ4n) is 0.783. The molecule has 2 rings (SSSR count). The van der Waals surface area contributed by atoms with Crippen molar-refractivity contribution in [2.24, 2.45) is 0 Å². The number of aryl methyl sites for hydroxylation is 1. The lowest BCUT2D eigenvalue weighted by Gasteiger charge is -1.89. The van der Waals surface area contributed by atoms with E-state index in [4.69, 9.17) is 4.42 Å². The molecule has 0 aliphatic heterocycles. The Hall–Kier alpha value is -0.880. The Morgan fingerprint density at radius 2 is 2.54 bits per heavy atom. The second-order valence-electron chi connectivity index (χ2n) is 2.43. The predicted octanol–water partition coefficient (Wildman–Crippen LogP) is 2.13. The highest BCUT2D eigenvalue weighted by atomic mass is 32.2. The van der Waals surface area contributed by atoms with Crippen LogP contribution in [-0.4, -0.2) is 14.6 Å². The minimum absolute atomic E-state index is 0.700. The van der Waals surface area contributed by atoms with Crippen LogP contribution in [0.2, 0.25) is 0 Å². The lowest BCUT2D eigenvalue weighted by Crippen LogP contribution is -1.75. The predicted molar refractivity (Wildman–Crippen MR) is 50.7 cm³/mol. The van der Waals surface area contributed by atoms with Gasteiger partial charge in [-0.3, -0.25) is 0 Å². The monoisotopic (exact) mass is 213 g/mol. The molecule has 0 radical (unpaired) electrons. The number of thioether (sulfide) groups is 1. The Labute approximate surface area is 83.5 Å². The van der Waals surface area contributed by atoms with Crippen molar-refractivity contribution in [3.05, 3.63) is 23.0 Å². The SMILES string of the molecule is Cc1coc(SCc2cnns2)n1. The Kier molecular flexibility index (Phi) is 2.60. The molecule has 0 N–H and O–H groups in total. The Balaban J connectivity index is 1.93. The number of rotatable bonds is 3. The van der Waals surface area contributed by atoms with E-state index in [0.717, 1.165) is 16.3 Å². The van der Waals surface area contributed by atoms with Gasteiger partial charge in [0.15, 0.2) is 0 Å². The second kappa shape index (κ2) is 3.89. The minimum Gasteiger partial charge on any atom is -0.440 e. The van der Waals surface area contributed by atoms with Crippen molar-refractivity contribution in [2.75, 3.05) is 0 Å². The third-order valence-electron chi connectivity index (χ3n) is 1.34. The van der Waals surface area contributed by atoms with Crippen LogP contribution in [-0.2, 0) is 5.75 Å². The van der Waals surface area contributed by atoms with Gasteiger partial charge < -0.3 is 4.42 Å². The lowest BCUT2D eigenvalue weighted by atomic mass is 10.6. The van der Waals surface area contributed by atoms with Gasteiger partial charge in [-0.25, -0.2) is 4.98 Å². The Bertz CT molecular complexity index is 371. The van der Waals surface area contributed by atoms with Crippen LogP contribution in [0, 0.1) is 6.92 Å². The third kappa shape index (κ3) is 2.28. The summed E-state index contributed by atoms with van der Waals surface area (Å²) >= 11 is 2.95. The van der Waals surface area contributed by atoms with Crippen LogP contribution in [0.15, 0.2) is 22.1 Å². The maximum absolute atomic E-state index is 5.18. The second-order valence-corrected chi connectivity index (χ2v) is 4.22. The molecule has 0 spiro atoms. The molecule has 4 nitrogen and oxygen atoms in total. The lowest BCUT2D eigenvalue weighted by molar-refractivity contribution is 0.454. The van der Waals surface area contributed by atoms with Crippen molar-refractivity contribution in [3.63, 3.8) is 0 Å². The van der Waals surface area contributed by atoms with Gasteiger partial charge >= 0.3 is 0 Å². The number of nitrogens with zero attached hydrogens (tertiary/aromatic N) is 3. The molecule has 0 saturated carbocycles. The average molecular weight is 213 g/mol. The smallest absolute Gasteiger partial charge is 0.256 e. The van der Waals surface area contributed by atoms with Crippen LogP contribution >= 0.6 is 23.3 Å². The van der Waals surface area contributed by atoms with Crippen molar-refractivity contribution >= 4 is 23.3 Å². The number of hydrogen-bond donors (Lipinski definition) is 0. The largest absolute Gasteiger partial charge is 0.440 e. The molecule has 0 amide bonds. The number of oxazole rings is 1. The molecule has 2 aromatic heterocycles. The molecule has 68 valence electrons. The maximum Gasteiger partial charge on any atom is 0.256 e. The van der Waals surface area contributed by atoms with Gasteiger partial charge in [-0.15, -0.1) is 5.10 Å². The van der Waals surface area contributed by atoms with Gasteiger partial charge in [0.1, 0.15) is 6.26 Å². The highest BCUT2D eigenvalue weighted by molar-refractivity contribution is 7.98. The van der Waals surface area contributed by atoms with Crippen LogP contribution in [0.3, 0.4) is 0 Å². The normalized spacial score (nSPS) is 10.5. The molecule has 13 heavy (non-hydrogen) atoms. The Morgan fingerprint density at radius 3 is 3.15 bits per heavy atom. The van der Waals surface area contributed by atoms with Crippen LogP contribution < -0.4 is 0 Å². The zero-order valence-electron chi connectivity index (χ0n) is 6.93. The summed E-state index contributed by atoms with van der Waals surface area (Å²) in [5.74, 6) is 0.817. The summed E-state index contributed by atoms with van der Waals surface area (Å²) in [6.07, 6.45) is 3.40. The molecular weight excluding hydrogens is 206 g/mol. The summed E-state index contributed by atoms with van der Waals surface area (Å²) in [5, 5.41) is 4.44. The zero-order chi connectivity index (χ0) is 9.10. The molecule has 0 unspecified atom stereocenters. The van der Waals surface area contributed by atoms with Crippen LogP contribution in [0.1, 0.15) is 10.6 Å². The Morgan fingerprint density at radius 1 is 1.62 bits per heavy atom. The van der Waals surface area contributed by atoms with Crippen molar-refractivity contribution in [2.45, 2.75) is 17.9 Å². The van der Waals surface area contributed by atoms with E-state index < -0.39 is 0 Å². The van der Waals surface area contributed by atoms with E-state index in [9.17, 15) is 0 Å². The minimum atomic E-state index is 0.700. The summed E-state index contributed by atoms with van der Waals surface area (Å²) in [6.45, 7) is 1.90. The molecule has 0 saturated heterocycles. The third-order valence-corrected chi connectivity index (χ3v) is 3.08. The van der Waals surface area contributed by atoms with E-state index in [2.05, 4.69) is 14.6 Å². The van der Waals surface area contributed by atoms with E-state index in [1.54, 1.807) is 24.2 Å². The van der Waals surface area contributed by atoms with Gasteiger partial charge in [0.25, 0.3) is 5.22 Å². The van der Waals surface area contributed by atoms with Gasteiger partial charge in [-0.1, -0.05) is 16.3 Å². The van der Waals surface area contributed by atoms with Crippen LogP contribution in [0.5, 0.6) is 0 Å². The van der Waals surface area contributed by atoms with E-state index in [0.29, 0.717) is 5.22 Å². The summed E-state index contributed by atoms with van der Waals surface area (Å²) in [5.41, 5.74) is 0.907. The molecule has 2 aromatic rings. The van der Waals surface area contributed by atoms with Gasteiger partial charge in [-0.2, -0.15) is 0 Å². The molecule has 2 heterocycles. The van der Waals surface area contributed by atoms with Crippen molar-refractivity contribution in [1.29, 1.82) is 0 Å². The highest BCUT2D eigenvalue weighted by Gasteiger charge is 2.03. The molecule has 6 heteroatoms.